The molecule has 1 rings (SSSR count). The molecule has 0 aliphatic carbocycles. The fraction of sp³-hybridized carbons (Fsp3) is 0.923. The van der Waals surface area contributed by atoms with Gasteiger partial charge in [-0.3, -0.25) is 5.32 Å². The maximum Gasteiger partial charge on any atom is 0.328 e. The topological polar surface area (TPSA) is 50.4 Å². The van der Waals surface area contributed by atoms with Crippen molar-refractivity contribution in [1.82, 2.24) is 10.6 Å². The van der Waals surface area contributed by atoms with Crippen molar-refractivity contribution in [3.05, 3.63) is 0 Å². The number of ether oxygens (including phenoxy) is 1. The van der Waals surface area contributed by atoms with Crippen LogP contribution in [0.1, 0.15) is 41.0 Å². The van der Waals surface area contributed by atoms with E-state index in [1.54, 1.807) is 0 Å². The zero-order chi connectivity index (χ0) is 13.1. The number of rotatable bonds is 3. The van der Waals surface area contributed by atoms with E-state index < -0.39 is 11.1 Å². The van der Waals surface area contributed by atoms with Gasteiger partial charge in [0, 0.05) is 19.6 Å². The van der Waals surface area contributed by atoms with Crippen LogP contribution < -0.4 is 10.6 Å². The highest BCUT2D eigenvalue weighted by atomic mass is 16.6. The second-order valence-corrected chi connectivity index (χ2v) is 6.29. The summed E-state index contributed by atoms with van der Waals surface area (Å²) < 4.78 is 5.54. The smallest absolute Gasteiger partial charge is 0.328 e. The summed E-state index contributed by atoms with van der Waals surface area (Å²) >= 11 is 0. The first-order valence-corrected chi connectivity index (χ1v) is 6.44. The Morgan fingerprint density at radius 1 is 1.35 bits per heavy atom. The van der Waals surface area contributed by atoms with Gasteiger partial charge in [0.05, 0.1) is 0 Å². The van der Waals surface area contributed by atoms with Gasteiger partial charge in [-0.2, -0.15) is 0 Å². The molecular weight excluding hydrogens is 216 g/mol. The van der Waals surface area contributed by atoms with Gasteiger partial charge in [-0.05, 0) is 33.1 Å². The number of carbonyl (C=O) groups excluding carboxylic acids is 1. The highest BCUT2D eigenvalue weighted by Gasteiger charge is 2.42. The van der Waals surface area contributed by atoms with Gasteiger partial charge in [0.25, 0.3) is 0 Å². The number of nitrogens with one attached hydrogen (secondary N) is 2. The van der Waals surface area contributed by atoms with E-state index in [1.165, 1.54) is 0 Å². The lowest BCUT2D eigenvalue weighted by atomic mass is 9.87. The predicted molar refractivity (Wildman–Crippen MR) is 68.9 cm³/mol. The Kier molecular flexibility index (Phi) is 4.55. The standard InChI is InChI=1S/C13H26N2O2/c1-10(2)8-13(9-14-6-7-15-13)11(16)17-12(3,4)5/h10,14-15H,6-9H2,1-5H3. The number of esters is 1. The molecule has 1 aliphatic heterocycles. The van der Waals surface area contributed by atoms with Crippen molar-refractivity contribution in [3.63, 3.8) is 0 Å². The molecule has 0 bridgehead atoms. The van der Waals surface area contributed by atoms with Crippen LogP contribution in [-0.4, -0.2) is 36.7 Å². The molecular formula is C13H26N2O2. The van der Waals surface area contributed by atoms with Gasteiger partial charge in [-0.25, -0.2) is 4.79 Å². The normalized spacial score (nSPS) is 26.0. The quantitative estimate of drug-likeness (QED) is 0.733. The Morgan fingerprint density at radius 3 is 2.41 bits per heavy atom. The fourth-order valence-electron chi connectivity index (χ4n) is 2.20. The van der Waals surface area contributed by atoms with Crippen LogP contribution in [-0.2, 0) is 9.53 Å². The Bertz CT molecular complexity index is 263. The summed E-state index contributed by atoms with van der Waals surface area (Å²) in [5.41, 5.74) is -0.986. The Hall–Kier alpha value is -0.610. The van der Waals surface area contributed by atoms with Crippen LogP contribution in [0.5, 0.6) is 0 Å². The van der Waals surface area contributed by atoms with Gasteiger partial charge in [0.15, 0.2) is 0 Å². The van der Waals surface area contributed by atoms with Crippen LogP contribution in [0.2, 0.25) is 0 Å². The minimum Gasteiger partial charge on any atom is -0.459 e. The number of hydrogen-bond acceptors (Lipinski definition) is 4. The molecule has 2 N–H and O–H groups in total. The molecule has 4 nitrogen and oxygen atoms in total. The van der Waals surface area contributed by atoms with Gasteiger partial charge in [0.1, 0.15) is 11.1 Å². The Balaban J connectivity index is 2.78. The van der Waals surface area contributed by atoms with E-state index in [2.05, 4.69) is 24.5 Å². The molecule has 1 unspecified atom stereocenters. The van der Waals surface area contributed by atoms with Crippen molar-refractivity contribution >= 4 is 5.97 Å². The van der Waals surface area contributed by atoms with E-state index in [0.717, 1.165) is 19.5 Å². The second kappa shape index (κ2) is 5.36. The van der Waals surface area contributed by atoms with Crippen LogP contribution in [0.25, 0.3) is 0 Å². The summed E-state index contributed by atoms with van der Waals surface area (Å²) in [6, 6.07) is 0. The lowest BCUT2D eigenvalue weighted by Gasteiger charge is -2.39. The zero-order valence-electron chi connectivity index (χ0n) is 11.7. The molecule has 100 valence electrons. The highest BCUT2D eigenvalue weighted by Crippen LogP contribution is 2.22. The Labute approximate surface area is 104 Å². The summed E-state index contributed by atoms with van der Waals surface area (Å²) in [5.74, 6) is 0.320. The highest BCUT2D eigenvalue weighted by molar-refractivity contribution is 5.81. The minimum absolute atomic E-state index is 0.133. The first-order chi connectivity index (χ1) is 7.75. The van der Waals surface area contributed by atoms with Gasteiger partial charge < -0.3 is 10.1 Å². The van der Waals surface area contributed by atoms with Crippen molar-refractivity contribution < 1.29 is 9.53 Å². The van der Waals surface area contributed by atoms with Gasteiger partial charge in [-0.1, -0.05) is 13.8 Å². The number of hydrogen-bond donors (Lipinski definition) is 2. The van der Waals surface area contributed by atoms with E-state index in [-0.39, 0.29) is 5.97 Å². The molecule has 0 aromatic heterocycles. The predicted octanol–water partition coefficient (Wildman–Crippen LogP) is 1.31. The van der Waals surface area contributed by atoms with Crippen molar-refractivity contribution in [2.75, 3.05) is 19.6 Å². The fourth-order valence-corrected chi connectivity index (χ4v) is 2.20. The summed E-state index contributed by atoms with van der Waals surface area (Å²) in [7, 11) is 0. The summed E-state index contributed by atoms with van der Waals surface area (Å²) in [5, 5.41) is 6.63. The Morgan fingerprint density at radius 2 is 2.00 bits per heavy atom. The van der Waals surface area contributed by atoms with Crippen molar-refractivity contribution in [3.8, 4) is 0 Å². The minimum atomic E-state index is -0.556. The van der Waals surface area contributed by atoms with Crippen molar-refractivity contribution in [2.24, 2.45) is 5.92 Å². The van der Waals surface area contributed by atoms with Crippen LogP contribution in [0.3, 0.4) is 0 Å². The van der Waals surface area contributed by atoms with Gasteiger partial charge in [-0.15, -0.1) is 0 Å². The average molecular weight is 242 g/mol. The van der Waals surface area contributed by atoms with Crippen LogP contribution >= 0.6 is 0 Å². The molecule has 1 fully saturated rings. The first kappa shape index (κ1) is 14.5. The van der Waals surface area contributed by atoms with Gasteiger partial charge in [0.2, 0.25) is 0 Å². The van der Waals surface area contributed by atoms with E-state index >= 15 is 0 Å². The number of carbonyl (C=O) groups is 1. The van der Waals surface area contributed by atoms with E-state index in [1.807, 2.05) is 20.8 Å². The third-order valence-electron chi connectivity index (χ3n) is 2.74. The largest absolute Gasteiger partial charge is 0.459 e. The molecule has 0 amide bonds. The molecule has 0 spiro atoms. The molecule has 1 heterocycles. The third-order valence-corrected chi connectivity index (χ3v) is 2.74. The maximum atomic E-state index is 12.3. The van der Waals surface area contributed by atoms with E-state index in [0.29, 0.717) is 12.5 Å². The zero-order valence-corrected chi connectivity index (χ0v) is 11.7. The molecule has 0 radical (unpaired) electrons. The average Bonchev–Trinajstić information content (AvgIpc) is 2.15. The molecule has 4 heteroatoms. The van der Waals surface area contributed by atoms with Crippen LogP contribution in [0.15, 0.2) is 0 Å². The van der Waals surface area contributed by atoms with Crippen LogP contribution in [0.4, 0.5) is 0 Å². The number of piperazine rings is 1. The molecule has 0 aromatic rings. The molecule has 0 saturated carbocycles. The summed E-state index contributed by atoms with van der Waals surface area (Å²) in [6.45, 7) is 12.3. The summed E-state index contributed by atoms with van der Waals surface area (Å²) in [6.07, 6.45) is 0.801. The summed E-state index contributed by atoms with van der Waals surface area (Å²) in [4.78, 5) is 12.3. The van der Waals surface area contributed by atoms with Crippen LogP contribution in [0, 0.1) is 5.92 Å². The monoisotopic (exact) mass is 242 g/mol. The van der Waals surface area contributed by atoms with Crippen molar-refractivity contribution in [1.29, 1.82) is 0 Å². The molecule has 1 saturated heterocycles. The van der Waals surface area contributed by atoms with Gasteiger partial charge >= 0.3 is 5.97 Å². The maximum absolute atomic E-state index is 12.3. The molecule has 0 aromatic carbocycles. The second-order valence-electron chi connectivity index (χ2n) is 6.29. The molecule has 1 aliphatic rings. The third kappa shape index (κ3) is 4.28. The lowest BCUT2D eigenvalue weighted by Crippen LogP contribution is -2.65. The van der Waals surface area contributed by atoms with Crippen molar-refractivity contribution in [2.45, 2.75) is 52.2 Å². The van der Waals surface area contributed by atoms with E-state index in [9.17, 15) is 4.79 Å². The lowest BCUT2D eigenvalue weighted by molar-refractivity contribution is -0.164. The van der Waals surface area contributed by atoms with E-state index in [4.69, 9.17) is 4.74 Å². The SMILES string of the molecule is CC(C)CC1(C(=O)OC(C)(C)C)CNCCN1. The first-order valence-electron chi connectivity index (χ1n) is 6.44. The molecule has 17 heavy (non-hydrogen) atoms. The molecule has 1 atom stereocenters.